The maximum atomic E-state index is 10.6. The van der Waals surface area contributed by atoms with Crippen LogP contribution < -0.4 is 0 Å². The molecule has 0 aliphatic heterocycles. The van der Waals surface area contributed by atoms with Crippen LogP contribution >= 0.6 is 12.6 Å². The summed E-state index contributed by atoms with van der Waals surface area (Å²) < 4.78 is 0. The highest BCUT2D eigenvalue weighted by atomic mass is 32.1. The topological polar surface area (TPSA) is 83.6 Å². The van der Waals surface area contributed by atoms with Crippen LogP contribution in [0.15, 0.2) is 18.2 Å². The first-order valence-electron chi connectivity index (χ1n) is 4.69. The van der Waals surface area contributed by atoms with Gasteiger partial charge in [0.1, 0.15) is 6.10 Å². The first-order chi connectivity index (χ1) is 7.47. The molecule has 0 amide bonds. The van der Waals surface area contributed by atoms with E-state index in [2.05, 4.69) is 12.6 Å². The second kappa shape index (κ2) is 5.29. The fourth-order valence-electron chi connectivity index (χ4n) is 1.39. The van der Waals surface area contributed by atoms with Crippen LogP contribution in [0, 0.1) is 17.0 Å². The molecule has 6 heteroatoms. The third-order valence-electron chi connectivity index (χ3n) is 2.31. The summed E-state index contributed by atoms with van der Waals surface area (Å²) in [5.74, 6) is 0.122. The summed E-state index contributed by atoms with van der Waals surface area (Å²) in [4.78, 5) is 10.1. The third kappa shape index (κ3) is 2.72. The average Bonchev–Trinajstić information content (AvgIpc) is 2.26. The van der Waals surface area contributed by atoms with Crippen LogP contribution in [0.2, 0.25) is 0 Å². The lowest BCUT2D eigenvalue weighted by Crippen LogP contribution is -2.19. The second-order valence-electron chi connectivity index (χ2n) is 3.50. The van der Waals surface area contributed by atoms with Crippen molar-refractivity contribution in [3.05, 3.63) is 39.4 Å². The van der Waals surface area contributed by atoms with Gasteiger partial charge in [-0.25, -0.2) is 0 Å². The van der Waals surface area contributed by atoms with Gasteiger partial charge in [0.2, 0.25) is 0 Å². The Morgan fingerprint density at radius 3 is 2.56 bits per heavy atom. The van der Waals surface area contributed by atoms with Crippen LogP contribution in [0.4, 0.5) is 5.69 Å². The summed E-state index contributed by atoms with van der Waals surface area (Å²) >= 11 is 3.87. The zero-order valence-electron chi connectivity index (χ0n) is 8.70. The Balaban J connectivity index is 3.01. The number of hydrogen-bond acceptors (Lipinski definition) is 5. The molecule has 2 unspecified atom stereocenters. The van der Waals surface area contributed by atoms with Crippen LogP contribution in [0.25, 0.3) is 0 Å². The molecule has 1 aromatic rings. The van der Waals surface area contributed by atoms with Gasteiger partial charge in [0.05, 0.1) is 11.0 Å². The molecule has 0 fully saturated rings. The third-order valence-corrected chi connectivity index (χ3v) is 2.68. The highest BCUT2D eigenvalue weighted by molar-refractivity contribution is 7.80. The van der Waals surface area contributed by atoms with Gasteiger partial charge < -0.3 is 10.2 Å². The van der Waals surface area contributed by atoms with E-state index in [4.69, 9.17) is 0 Å². The van der Waals surface area contributed by atoms with Crippen molar-refractivity contribution in [3.63, 3.8) is 0 Å². The number of hydrogen-bond donors (Lipinski definition) is 3. The van der Waals surface area contributed by atoms with Crippen molar-refractivity contribution in [2.75, 3.05) is 5.75 Å². The molecule has 1 aromatic carbocycles. The van der Waals surface area contributed by atoms with E-state index < -0.39 is 17.1 Å². The smallest absolute Gasteiger partial charge is 0.272 e. The fraction of sp³-hybridized carbons (Fsp3) is 0.400. The number of nitro benzene ring substituents is 1. The molecule has 0 saturated heterocycles. The van der Waals surface area contributed by atoms with Gasteiger partial charge in [-0.2, -0.15) is 12.6 Å². The molecule has 0 spiro atoms. The summed E-state index contributed by atoms with van der Waals surface area (Å²) in [5, 5.41) is 29.6. The Labute approximate surface area is 98.3 Å². The maximum Gasteiger partial charge on any atom is 0.272 e. The Hall–Kier alpha value is -1.11. The number of rotatable bonds is 4. The molecule has 0 aliphatic rings. The summed E-state index contributed by atoms with van der Waals surface area (Å²) in [6.45, 7) is 1.58. The standard InChI is InChI=1S/C10H13NO4S/c1-6-4-7(10(13)9(12)5-16)2-3-8(6)11(14)15/h2-4,9-10,12-13,16H,5H2,1H3. The quantitative estimate of drug-likeness (QED) is 0.422. The van der Waals surface area contributed by atoms with Gasteiger partial charge in [-0.1, -0.05) is 0 Å². The van der Waals surface area contributed by atoms with E-state index in [1.165, 1.54) is 18.2 Å². The Morgan fingerprint density at radius 2 is 2.12 bits per heavy atom. The fourth-order valence-corrected chi connectivity index (χ4v) is 1.59. The van der Waals surface area contributed by atoms with E-state index in [0.29, 0.717) is 11.1 Å². The Kier molecular flexibility index (Phi) is 4.28. The molecule has 16 heavy (non-hydrogen) atoms. The van der Waals surface area contributed by atoms with E-state index >= 15 is 0 Å². The molecule has 2 atom stereocenters. The minimum absolute atomic E-state index is 0.00341. The number of aryl methyl sites for hydroxylation is 1. The van der Waals surface area contributed by atoms with E-state index in [9.17, 15) is 20.3 Å². The summed E-state index contributed by atoms with van der Waals surface area (Å²) in [6.07, 6.45) is -2.05. The van der Waals surface area contributed by atoms with E-state index in [-0.39, 0.29) is 11.4 Å². The lowest BCUT2D eigenvalue weighted by Gasteiger charge is -2.16. The van der Waals surface area contributed by atoms with Crippen molar-refractivity contribution in [2.24, 2.45) is 0 Å². The van der Waals surface area contributed by atoms with Crippen molar-refractivity contribution in [1.29, 1.82) is 0 Å². The molecule has 0 aliphatic carbocycles. The minimum Gasteiger partial charge on any atom is -0.389 e. The lowest BCUT2D eigenvalue weighted by atomic mass is 10.0. The number of benzene rings is 1. The Morgan fingerprint density at radius 1 is 1.50 bits per heavy atom. The number of aliphatic hydroxyl groups is 2. The molecule has 88 valence electrons. The largest absolute Gasteiger partial charge is 0.389 e. The normalized spacial score (nSPS) is 14.5. The number of nitrogens with zero attached hydrogens (tertiary/aromatic N) is 1. The molecule has 5 nitrogen and oxygen atoms in total. The SMILES string of the molecule is Cc1cc(C(O)C(O)CS)ccc1[N+](=O)[O-]. The van der Waals surface area contributed by atoms with Crippen molar-refractivity contribution in [2.45, 2.75) is 19.1 Å². The number of thiol groups is 1. The second-order valence-corrected chi connectivity index (χ2v) is 3.86. The molecular formula is C10H13NO4S. The van der Waals surface area contributed by atoms with Crippen LogP contribution in [0.1, 0.15) is 17.2 Å². The molecule has 0 aromatic heterocycles. The van der Waals surface area contributed by atoms with E-state index in [0.717, 1.165) is 0 Å². The number of nitro groups is 1. The maximum absolute atomic E-state index is 10.6. The van der Waals surface area contributed by atoms with Gasteiger partial charge in [-0.05, 0) is 24.6 Å². The highest BCUT2D eigenvalue weighted by Gasteiger charge is 2.19. The summed E-state index contributed by atoms with van der Waals surface area (Å²) in [7, 11) is 0. The van der Waals surface area contributed by atoms with Crippen LogP contribution in [0.5, 0.6) is 0 Å². The number of aliphatic hydroxyl groups excluding tert-OH is 2. The predicted octanol–water partition coefficient (Wildman–Crippen LogP) is 1.23. The zero-order valence-corrected chi connectivity index (χ0v) is 9.59. The minimum atomic E-state index is -1.07. The van der Waals surface area contributed by atoms with Gasteiger partial charge in [0, 0.05) is 17.4 Å². The van der Waals surface area contributed by atoms with Crippen LogP contribution in [-0.2, 0) is 0 Å². The van der Waals surface area contributed by atoms with Gasteiger partial charge >= 0.3 is 0 Å². The molecule has 0 saturated carbocycles. The van der Waals surface area contributed by atoms with Gasteiger partial charge in [-0.15, -0.1) is 0 Å². The van der Waals surface area contributed by atoms with Crippen molar-refractivity contribution < 1.29 is 15.1 Å². The molecule has 0 heterocycles. The summed E-state index contributed by atoms with van der Waals surface area (Å²) in [5.41, 5.74) is 0.897. The first kappa shape index (κ1) is 13.0. The molecule has 1 rings (SSSR count). The molecule has 0 bridgehead atoms. The van der Waals surface area contributed by atoms with Crippen molar-refractivity contribution >= 4 is 18.3 Å². The average molecular weight is 243 g/mol. The lowest BCUT2D eigenvalue weighted by molar-refractivity contribution is -0.385. The molecular weight excluding hydrogens is 230 g/mol. The first-order valence-corrected chi connectivity index (χ1v) is 5.32. The Bertz CT molecular complexity index is 396. The molecule has 0 radical (unpaired) electrons. The van der Waals surface area contributed by atoms with Gasteiger partial charge in [-0.3, -0.25) is 10.1 Å². The van der Waals surface area contributed by atoms with Crippen LogP contribution in [-0.4, -0.2) is 27.0 Å². The zero-order chi connectivity index (χ0) is 12.3. The monoisotopic (exact) mass is 243 g/mol. The summed E-state index contributed by atoms with van der Waals surface area (Å²) in [6, 6.07) is 4.25. The van der Waals surface area contributed by atoms with Crippen molar-refractivity contribution in [1.82, 2.24) is 0 Å². The molecule has 2 N–H and O–H groups in total. The van der Waals surface area contributed by atoms with E-state index in [1.807, 2.05) is 0 Å². The van der Waals surface area contributed by atoms with Gasteiger partial charge in [0.15, 0.2) is 0 Å². The predicted molar refractivity (Wildman–Crippen MR) is 62.7 cm³/mol. The highest BCUT2D eigenvalue weighted by Crippen LogP contribution is 2.24. The van der Waals surface area contributed by atoms with Crippen molar-refractivity contribution in [3.8, 4) is 0 Å². The van der Waals surface area contributed by atoms with E-state index in [1.54, 1.807) is 6.92 Å². The van der Waals surface area contributed by atoms with Crippen LogP contribution in [0.3, 0.4) is 0 Å². The van der Waals surface area contributed by atoms with Gasteiger partial charge in [0.25, 0.3) is 5.69 Å².